The van der Waals surface area contributed by atoms with E-state index in [-0.39, 0.29) is 30.9 Å². The summed E-state index contributed by atoms with van der Waals surface area (Å²) >= 11 is 0. The number of fused-ring (bicyclic) bond motifs is 1. The van der Waals surface area contributed by atoms with Gasteiger partial charge in [-0.1, -0.05) is 44.2 Å². The van der Waals surface area contributed by atoms with Gasteiger partial charge in [0.05, 0.1) is 12.6 Å². The van der Waals surface area contributed by atoms with Crippen LogP contribution in [-0.4, -0.2) is 74.8 Å². The first kappa shape index (κ1) is 31.1. The molecule has 9 N–H and O–H groups in total. The van der Waals surface area contributed by atoms with Gasteiger partial charge in [-0.05, 0) is 48.1 Å². The van der Waals surface area contributed by atoms with Crippen molar-refractivity contribution in [3.8, 4) is 5.75 Å². The molecule has 1 aromatic heterocycles. The number of para-hydroxylation sites is 1. The Morgan fingerprint density at radius 3 is 2.10 bits per heavy atom. The summed E-state index contributed by atoms with van der Waals surface area (Å²) < 4.78 is 0. The Labute approximate surface area is 237 Å². The Morgan fingerprint density at radius 1 is 0.854 bits per heavy atom. The van der Waals surface area contributed by atoms with Crippen molar-refractivity contribution in [2.75, 3.05) is 6.61 Å². The number of nitrogens with one attached hydrogen (secondary N) is 4. The number of phenolic OH excluding ortho intramolecular Hbond substituents is 1. The molecule has 0 saturated carbocycles. The van der Waals surface area contributed by atoms with Gasteiger partial charge < -0.3 is 42.0 Å². The number of hydrogen-bond acceptors (Lipinski definition) is 7. The number of benzene rings is 2. The minimum absolute atomic E-state index is 0.00829. The third kappa shape index (κ3) is 8.78. The highest BCUT2D eigenvalue weighted by Crippen LogP contribution is 2.19. The third-order valence-electron chi connectivity index (χ3n) is 6.60. The largest absolute Gasteiger partial charge is 0.508 e. The van der Waals surface area contributed by atoms with Crippen LogP contribution in [0.15, 0.2) is 54.7 Å². The molecule has 2 aromatic carbocycles. The van der Waals surface area contributed by atoms with E-state index in [1.54, 1.807) is 18.3 Å². The number of aliphatic carboxylic acids is 1. The molecule has 4 atom stereocenters. The van der Waals surface area contributed by atoms with Crippen LogP contribution in [0.4, 0.5) is 0 Å². The molecule has 220 valence electrons. The second-order valence-electron chi connectivity index (χ2n) is 10.4. The summed E-state index contributed by atoms with van der Waals surface area (Å²) in [5.41, 5.74) is 8.35. The van der Waals surface area contributed by atoms with E-state index in [1.165, 1.54) is 12.1 Å². The number of carboxylic acid groups (broad SMARTS) is 1. The fraction of sp³-hybridized carbons (Fsp3) is 0.379. The summed E-state index contributed by atoms with van der Waals surface area (Å²) in [6.45, 7) is 2.91. The van der Waals surface area contributed by atoms with Gasteiger partial charge in [0, 0.05) is 23.5 Å². The smallest absolute Gasteiger partial charge is 0.328 e. The number of aromatic amines is 1. The molecule has 41 heavy (non-hydrogen) atoms. The standard InChI is InChI=1S/C29H37N5O7/c1-16(2)11-23(32-26(37)21(30)12-17-7-9-19(36)10-8-17)27(38)33-24(28(39)34-25(15-35)29(40)41)13-18-14-31-22-6-4-3-5-20(18)22/h3-10,14,16,21,23-25,31,35-36H,11-13,15,30H2,1-2H3,(H,32,37)(H,33,38)(H,34,39)(H,40,41). The van der Waals surface area contributed by atoms with Crippen LogP contribution < -0.4 is 21.7 Å². The van der Waals surface area contributed by atoms with E-state index in [1.807, 2.05) is 38.1 Å². The van der Waals surface area contributed by atoms with Crippen LogP contribution >= 0.6 is 0 Å². The van der Waals surface area contributed by atoms with Crippen LogP contribution in [0, 0.1) is 5.92 Å². The minimum Gasteiger partial charge on any atom is -0.508 e. The second kappa shape index (κ2) is 14.3. The van der Waals surface area contributed by atoms with Crippen LogP contribution in [0.2, 0.25) is 0 Å². The first-order valence-corrected chi connectivity index (χ1v) is 13.3. The van der Waals surface area contributed by atoms with E-state index in [0.717, 1.165) is 16.5 Å². The topological polar surface area (TPSA) is 207 Å². The Kier molecular flexibility index (Phi) is 10.8. The van der Waals surface area contributed by atoms with Gasteiger partial charge >= 0.3 is 5.97 Å². The van der Waals surface area contributed by atoms with Crippen LogP contribution in [-0.2, 0) is 32.0 Å². The number of phenols is 1. The van der Waals surface area contributed by atoms with Crippen LogP contribution in [0.5, 0.6) is 5.75 Å². The van der Waals surface area contributed by atoms with E-state index in [9.17, 15) is 34.5 Å². The molecule has 3 amide bonds. The van der Waals surface area contributed by atoms with E-state index >= 15 is 0 Å². The number of hydrogen-bond donors (Lipinski definition) is 8. The van der Waals surface area contributed by atoms with E-state index in [0.29, 0.717) is 5.56 Å². The lowest BCUT2D eigenvalue weighted by molar-refractivity contribution is -0.143. The van der Waals surface area contributed by atoms with Crippen LogP contribution in [0.25, 0.3) is 10.9 Å². The number of aliphatic hydroxyl groups excluding tert-OH is 1. The number of aromatic nitrogens is 1. The van der Waals surface area contributed by atoms with E-state index in [2.05, 4.69) is 20.9 Å². The molecular formula is C29H37N5O7. The predicted molar refractivity (Wildman–Crippen MR) is 152 cm³/mol. The first-order valence-electron chi connectivity index (χ1n) is 13.3. The highest BCUT2D eigenvalue weighted by Gasteiger charge is 2.31. The van der Waals surface area contributed by atoms with E-state index in [4.69, 9.17) is 5.73 Å². The molecule has 0 spiro atoms. The number of aromatic hydroxyl groups is 1. The number of amides is 3. The number of carbonyl (C=O) groups is 4. The molecule has 12 nitrogen and oxygen atoms in total. The molecule has 12 heteroatoms. The third-order valence-corrected chi connectivity index (χ3v) is 6.60. The normalized spacial score (nSPS) is 14.2. The van der Waals surface area contributed by atoms with Gasteiger partial charge in [0.25, 0.3) is 0 Å². The molecular weight excluding hydrogens is 530 g/mol. The predicted octanol–water partition coefficient (Wildman–Crippen LogP) is 0.563. The zero-order chi connectivity index (χ0) is 30.1. The van der Waals surface area contributed by atoms with Crippen molar-refractivity contribution in [2.24, 2.45) is 11.7 Å². The van der Waals surface area contributed by atoms with Gasteiger partial charge in [0.15, 0.2) is 0 Å². The number of carboxylic acids is 1. The minimum atomic E-state index is -1.56. The van der Waals surface area contributed by atoms with Crippen LogP contribution in [0.3, 0.4) is 0 Å². The number of H-pyrrole nitrogens is 1. The molecule has 0 saturated heterocycles. The molecule has 0 radical (unpaired) electrons. The Balaban J connectivity index is 1.79. The summed E-state index contributed by atoms with van der Waals surface area (Å²) in [7, 11) is 0. The van der Waals surface area contributed by atoms with Gasteiger partial charge in [0.1, 0.15) is 23.9 Å². The number of rotatable bonds is 14. The summed E-state index contributed by atoms with van der Waals surface area (Å²) in [4.78, 5) is 54.1. The maximum atomic E-state index is 13.5. The van der Waals surface area contributed by atoms with Gasteiger partial charge in [-0.3, -0.25) is 14.4 Å². The average Bonchev–Trinajstić information content (AvgIpc) is 3.34. The molecule has 0 aliphatic rings. The fourth-order valence-corrected chi connectivity index (χ4v) is 4.42. The first-order chi connectivity index (χ1) is 19.5. The summed E-state index contributed by atoms with van der Waals surface area (Å²) in [6.07, 6.45) is 2.14. The lowest BCUT2D eigenvalue weighted by Crippen LogP contribution is -2.58. The zero-order valence-corrected chi connectivity index (χ0v) is 23.0. The quantitative estimate of drug-likeness (QED) is 0.138. The summed E-state index contributed by atoms with van der Waals surface area (Å²) in [6, 6.07) is 8.86. The van der Waals surface area contributed by atoms with E-state index < -0.39 is 54.5 Å². The Morgan fingerprint density at radius 2 is 1.46 bits per heavy atom. The fourth-order valence-electron chi connectivity index (χ4n) is 4.42. The maximum absolute atomic E-state index is 13.5. The van der Waals surface area contributed by atoms with Gasteiger partial charge in [-0.2, -0.15) is 0 Å². The molecule has 0 aliphatic carbocycles. The average molecular weight is 568 g/mol. The summed E-state index contributed by atoms with van der Waals surface area (Å²) in [5.74, 6) is -3.36. The number of carbonyl (C=O) groups excluding carboxylic acids is 3. The number of aliphatic hydroxyl groups is 1. The van der Waals surface area contributed by atoms with Crippen molar-refractivity contribution in [2.45, 2.75) is 57.3 Å². The SMILES string of the molecule is CC(C)CC(NC(=O)C(N)Cc1ccc(O)cc1)C(=O)NC(Cc1c[nH]c2ccccc12)C(=O)NC(CO)C(=O)O. The number of nitrogens with two attached hydrogens (primary N) is 1. The second-order valence-corrected chi connectivity index (χ2v) is 10.4. The Hall–Kier alpha value is -4.42. The van der Waals surface area contributed by atoms with Gasteiger partial charge in [-0.15, -0.1) is 0 Å². The van der Waals surface area contributed by atoms with Crippen molar-refractivity contribution in [1.82, 2.24) is 20.9 Å². The molecule has 0 aliphatic heterocycles. The molecule has 3 aromatic rings. The van der Waals surface area contributed by atoms with Crippen LogP contribution in [0.1, 0.15) is 31.4 Å². The maximum Gasteiger partial charge on any atom is 0.328 e. The summed E-state index contributed by atoms with van der Waals surface area (Å²) in [5, 5.41) is 36.6. The van der Waals surface area contributed by atoms with Crippen molar-refractivity contribution >= 4 is 34.6 Å². The molecule has 4 unspecified atom stereocenters. The van der Waals surface area contributed by atoms with Crippen molar-refractivity contribution < 1.29 is 34.5 Å². The Bertz CT molecular complexity index is 1360. The highest BCUT2D eigenvalue weighted by atomic mass is 16.4. The van der Waals surface area contributed by atoms with Gasteiger partial charge in [0.2, 0.25) is 17.7 Å². The highest BCUT2D eigenvalue weighted by molar-refractivity contribution is 5.95. The molecule has 0 bridgehead atoms. The molecule has 1 heterocycles. The zero-order valence-electron chi connectivity index (χ0n) is 23.0. The lowest BCUT2D eigenvalue weighted by Gasteiger charge is -2.26. The van der Waals surface area contributed by atoms with Crippen molar-refractivity contribution in [1.29, 1.82) is 0 Å². The molecule has 3 rings (SSSR count). The monoisotopic (exact) mass is 567 g/mol. The van der Waals surface area contributed by atoms with Gasteiger partial charge in [-0.25, -0.2) is 4.79 Å². The van der Waals surface area contributed by atoms with Crippen molar-refractivity contribution in [3.05, 3.63) is 65.9 Å². The molecule has 0 fully saturated rings. The van der Waals surface area contributed by atoms with Crippen molar-refractivity contribution in [3.63, 3.8) is 0 Å². The lowest BCUT2D eigenvalue weighted by atomic mass is 9.99.